The molecule has 0 radical (unpaired) electrons. The number of hydrogen-bond donors (Lipinski definition) is 1. The van der Waals surface area contributed by atoms with E-state index in [0.717, 1.165) is 29.6 Å². The lowest BCUT2D eigenvalue weighted by Crippen LogP contribution is -2.48. The Kier molecular flexibility index (Phi) is 5.00. The lowest BCUT2D eigenvalue weighted by atomic mass is 9.56. The average Bonchev–Trinajstić information content (AvgIpc) is 2.86. The number of fused-ring (bicyclic) bond motifs is 6. The van der Waals surface area contributed by atoms with Gasteiger partial charge in [0.25, 0.3) is 0 Å². The van der Waals surface area contributed by atoms with Crippen LogP contribution in [-0.2, 0) is 23.9 Å². The molecule has 0 aromatic heterocycles. The summed E-state index contributed by atoms with van der Waals surface area (Å²) in [5.41, 5.74) is 1.49. The fourth-order valence-electron chi connectivity index (χ4n) is 8.81. The van der Waals surface area contributed by atoms with Crippen LogP contribution in [-0.4, -0.2) is 40.1 Å². The highest BCUT2D eigenvalue weighted by atomic mass is 16.6. The Balaban J connectivity index is 1.43. The summed E-state index contributed by atoms with van der Waals surface area (Å²) < 4.78 is 11.5. The van der Waals surface area contributed by atoms with Gasteiger partial charge in [-0.05, 0) is 75.4 Å². The molecule has 0 aromatic rings. The summed E-state index contributed by atoms with van der Waals surface area (Å²) in [6.07, 6.45) is 10.2. The van der Waals surface area contributed by atoms with Crippen molar-refractivity contribution in [1.82, 2.24) is 0 Å². The highest BCUT2D eigenvalue weighted by molar-refractivity contribution is 5.99. The minimum absolute atomic E-state index is 0.00792. The Morgan fingerprint density at radius 3 is 2.56 bits per heavy atom. The third-order valence-corrected chi connectivity index (χ3v) is 10.4. The first kappa shape index (κ1) is 23.9. The van der Waals surface area contributed by atoms with Gasteiger partial charge in [-0.15, -0.1) is 0 Å². The van der Waals surface area contributed by atoms with E-state index in [1.807, 2.05) is 39.0 Å². The van der Waals surface area contributed by atoms with Gasteiger partial charge in [-0.25, -0.2) is 9.59 Å². The van der Waals surface area contributed by atoms with Gasteiger partial charge in [0.05, 0.1) is 5.60 Å². The molecule has 1 N–H and O–H groups in total. The molecule has 0 spiro atoms. The standard InChI is InChI=1S/C30H36O6/c1-15-10-18-11-19-21-13-30(34)12-17-6-9-24(32)36-28(3,4)20(17)7-8-23(30)29(21,5)14-22(31)25(19)16(2)26(18)35-27(15)33/h6,9-10,12,16,18,20-21,23,26,34H,7-8,11,13-14H2,1-5H3/t16-,18?,20?,21?,23?,26?,29+,30+/m0/s1. The van der Waals surface area contributed by atoms with Gasteiger partial charge in [-0.2, -0.15) is 0 Å². The Hall–Kier alpha value is -2.47. The van der Waals surface area contributed by atoms with E-state index in [9.17, 15) is 19.5 Å². The van der Waals surface area contributed by atoms with Crippen molar-refractivity contribution in [3.8, 4) is 0 Å². The number of carbonyl (C=O) groups excluding carboxylic acids is 3. The lowest BCUT2D eigenvalue weighted by Gasteiger charge is -2.48. The SMILES string of the molecule is CC1=CC2CC3=C(C(=O)C[C@]4(C)C3C[C@]3(O)C=C5C=CC(=O)OC(C)(C)C5CCC43)[C@H](C)C2OC1=O. The molecule has 1 saturated carbocycles. The van der Waals surface area contributed by atoms with Crippen molar-refractivity contribution in [2.75, 3.05) is 0 Å². The molecule has 0 aromatic carbocycles. The maximum absolute atomic E-state index is 13.7. The summed E-state index contributed by atoms with van der Waals surface area (Å²) in [5, 5.41) is 12.3. The molecule has 0 saturated heterocycles. The van der Waals surface area contributed by atoms with Gasteiger partial charge in [0.1, 0.15) is 11.7 Å². The number of Topliss-reactive ketones (excluding diaryl/α,β-unsaturated/α-hetero) is 1. The molecule has 6 nitrogen and oxygen atoms in total. The van der Waals surface area contributed by atoms with Crippen LogP contribution in [0.1, 0.15) is 66.7 Å². The molecule has 6 aliphatic rings. The van der Waals surface area contributed by atoms with Crippen molar-refractivity contribution in [2.24, 2.45) is 35.0 Å². The first-order chi connectivity index (χ1) is 16.8. The largest absolute Gasteiger partial charge is 0.458 e. The molecular weight excluding hydrogens is 456 g/mol. The number of ether oxygens (including phenoxy) is 2. The third-order valence-electron chi connectivity index (χ3n) is 10.4. The number of hydrogen-bond acceptors (Lipinski definition) is 6. The van der Waals surface area contributed by atoms with E-state index in [1.54, 1.807) is 6.92 Å². The van der Waals surface area contributed by atoms with Gasteiger partial charge in [0, 0.05) is 41.4 Å². The van der Waals surface area contributed by atoms with Crippen molar-refractivity contribution in [2.45, 2.75) is 84.0 Å². The summed E-state index contributed by atoms with van der Waals surface area (Å²) in [6.45, 7) is 9.89. The zero-order valence-corrected chi connectivity index (χ0v) is 21.8. The molecule has 192 valence electrons. The van der Waals surface area contributed by atoms with Gasteiger partial charge < -0.3 is 14.6 Å². The summed E-state index contributed by atoms with van der Waals surface area (Å²) in [5.74, 6) is -0.587. The summed E-state index contributed by atoms with van der Waals surface area (Å²) >= 11 is 0. The molecule has 0 bridgehead atoms. The fourth-order valence-corrected chi connectivity index (χ4v) is 8.81. The van der Waals surface area contributed by atoms with Crippen molar-refractivity contribution < 1.29 is 29.0 Å². The van der Waals surface area contributed by atoms with Gasteiger partial charge >= 0.3 is 11.9 Å². The number of carbonyl (C=O) groups is 3. The molecule has 2 aliphatic heterocycles. The smallest absolute Gasteiger partial charge is 0.333 e. The average molecular weight is 493 g/mol. The van der Waals surface area contributed by atoms with Gasteiger partial charge in [-0.3, -0.25) is 4.79 Å². The molecule has 8 atom stereocenters. The predicted molar refractivity (Wildman–Crippen MR) is 132 cm³/mol. The molecule has 4 aliphatic carbocycles. The maximum Gasteiger partial charge on any atom is 0.333 e. The topological polar surface area (TPSA) is 89.9 Å². The first-order valence-corrected chi connectivity index (χ1v) is 13.4. The van der Waals surface area contributed by atoms with Crippen LogP contribution in [0.5, 0.6) is 0 Å². The number of ketones is 1. The quantitative estimate of drug-likeness (QED) is 0.505. The molecule has 6 rings (SSSR count). The monoisotopic (exact) mass is 492 g/mol. The van der Waals surface area contributed by atoms with E-state index in [4.69, 9.17) is 9.47 Å². The third kappa shape index (κ3) is 3.22. The number of rotatable bonds is 0. The normalized spacial score (nSPS) is 45.0. The summed E-state index contributed by atoms with van der Waals surface area (Å²) in [7, 11) is 0. The van der Waals surface area contributed by atoms with Crippen LogP contribution in [0.15, 0.2) is 46.6 Å². The first-order valence-electron chi connectivity index (χ1n) is 13.4. The van der Waals surface area contributed by atoms with Crippen LogP contribution >= 0.6 is 0 Å². The van der Waals surface area contributed by atoms with Gasteiger partial charge in [0.15, 0.2) is 5.78 Å². The van der Waals surface area contributed by atoms with Crippen LogP contribution in [0, 0.1) is 35.0 Å². The second-order valence-electron chi connectivity index (χ2n) is 12.9. The van der Waals surface area contributed by atoms with Crippen LogP contribution in [0.3, 0.4) is 0 Å². The van der Waals surface area contributed by atoms with E-state index in [-0.39, 0.29) is 58.8 Å². The minimum atomic E-state index is -1.06. The predicted octanol–water partition coefficient (Wildman–Crippen LogP) is 4.39. The minimum Gasteiger partial charge on any atom is -0.458 e. The van der Waals surface area contributed by atoms with E-state index in [2.05, 4.69) is 6.92 Å². The Labute approximate surface area is 212 Å². The molecule has 5 unspecified atom stereocenters. The van der Waals surface area contributed by atoms with E-state index in [1.165, 1.54) is 6.08 Å². The molecule has 6 heteroatoms. The Bertz CT molecular complexity index is 1200. The highest BCUT2D eigenvalue weighted by Crippen LogP contribution is 2.65. The Morgan fingerprint density at radius 1 is 1.06 bits per heavy atom. The second kappa shape index (κ2) is 7.53. The maximum atomic E-state index is 13.7. The zero-order valence-electron chi connectivity index (χ0n) is 21.8. The molecule has 2 heterocycles. The molecule has 0 amide bonds. The molecule has 1 fully saturated rings. The van der Waals surface area contributed by atoms with E-state index < -0.39 is 11.2 Å². The van der Waals surface area contributed by atoms with Crippen molar-refractivity contribution in [3.05, 3.63) is 46.6 Å². The number of esters is 2. The van der Waals surface area contributed by atoms with Crippen LogP contribution in [0.25, 0.3) is 0 Å². The lowest BCUT2D eigenvalue weighted by molar-refractivity contribution is -0.153. The molecule has 36 heavy (non-hydrogen) atoms. The second-order valence-corrected chi connectivity index (χ2v) is 12.9. The Morgan fingerprint density at radius 2 is 1.81 bits per heavy atom. The van der Waals surface area contributed by atoms with Gasteiger partial charge in [0.2, 0.25) is 0 Å². The van der Waals surface area contributed by atoms with Gasteiger partial charge in [-0.1, -0.05) is 31.6 Å². The van der Waals surface area contributed by atoms with Crippen molar-refractivity contribution >= 4 is 17.7 Å². The molecular formula is C30H36O6. The summed E-state index contributed by atoms with van der Waals surface area (Å²) in [4.78, 5) is 38.2. The van der Waals surface area contributed by atoms with Crippen molar-refractivity contribution in [3.63, 3.8) is 0 Å². The van der Waals surface area contributed by atoms with E-state index >= 15 is 0 Å². The zero-order chi connectivity index (χ0) is 25.8. The van der Waals surface area contributed by atoms with Crippen LogP contribution in [0.2, 0.25) is 0 Å². The number of cyclic esters (lactones) is 1. The van der Waals surface area contributed by atoms with E-state index in [0.29, 0.717) is 24.8 Å². The fraction of sp³-hybridized carbons (Fsp3) is 0.633. The van der Waals surface area contributed by atoms with Crippen LogP contribution in [0.4, 0.5) is 0 Å². The highest BCUT2D eigenvalue weighted by Gasteiger charge is 2.64. The number of aliphatic hydroxyl groups is 1. The van der Waals surface area contributed by atoms with Crippen molar-refractivity contribution in [1.29, 1.82) is 0 Å². The summed E-state index contributed by atoms with van der Waals surface area (Å²) in [6, 6.07) is 0. The number of allylic oxidation sites excluding steroid dienone is 2. The van der Waals surface area contributed by atoms with Crippen LogP contribution < -0.4 is 0 Å².